The molecule has 1 saturated carbocycles. The molecule has 0 bridgehead atoms. The van der Waals surface area contributed by atoms with E-state index < -0.39 is 0 Å². The topological polar surface area (TPSA) is 68.0 Å². The van der Waals surface area contributed by atoms with E-state index in [0.717, 1.165) is 24.3 Å². The zero-order valence-corrected chi connectivity index (χ0v) is 14.6. The lowest BCUT2D eigenvalue weighted by molar-refractivity contribution is 0.0914. The summed E-state index contributed by atoms with van der Waals surface area (Å²) in [4.78, 5) is 16.8. The summed E-state index contributed by atoms with van der Waals surface area (Å²) < 4.78 is 0. The first-order valence-corrected chi connectivity index (χ1v) is 9.51. The minimum atomic E-state index is -0.0525. The minimum absolute atomic E-state index is 0.0396. The third-order valence-corrected chi connectivity index (χ3v) is 5.63. The summed E-state index contributed by atoms with van der Waals surface area (Å²) in [6.07, 6.45) is 9.53. The number of carbonyl (C=O) groups is 1. The van der Waals surface area contributed by atoms with Gasteiger partial charge in [-0.3, -0.25) is 4.79 Å². The molecule has 124 valence electrons. The number of nitrogens with zero attached hydrogens (tertiary/aromatic N) is 1. The molecule has 0 saturated heterocycles. The van der Waals surface area contributed by atoms with Gasteiger partial charge in [0.05, 0.1) is 6.04 Å². The molecule has 1 amide bonds. The number of rotatable bonds is 7. The van der Waals surface area contributed by atoms with Crippen LogP contribution in [0.1, 0.15) is 86.8 Å². The van der Waals surface area contributed by atoms with Crippen molar-refractivity contribution in [2.24, 2.45) is 11.7 Å². The molecule has 2 unspecified atom stereocenters. The molecule has 2 atom stereocenters. The standard InChI is InChI=1S/C17H29N3OS/c1-3-4-10-14(18)17-20-15(11-22-17)16(21)19-12(2)13-8-6-5-7-9-13/h11-14H,3-10,18H2,1-2H3,(H,19,21). The lowest BCUT2D eigenvalue weighted by Gasteiger charge is -2.28. The molecule has 3 N–H and O–H groups in total. The monoisotopic (exact) mass is 323 g/mol. The Balaban J connectivity index is 1.88. The van der Waals surface area contributed by atoms with Crippen molar-refractivity contribution in [2.75, 3.05) is 0 Å². The predicted octanol–water partition coefficient (Wildman–Crippen LogP) is 4.03. The Morgan fingerprint density at radius 1 is 1.45 bits per heavy atom. The molecule has 0 radical (unpaired) electrons. The Hall–Kier alpha value is -0.940. The quantitative estimate of drug-likeness (QED) is 0.796. The second-order valence-electron chi connectivity index (χ2n) is 6.48. The number of nitrogens with one attached hydrogen (secondary N) is 1. The van der Waals surface area contributed by atoms with Crippen LogP contribution in [0, 0.1) is 5.92 Å². The molecule has 1 fully saturated rings. The van der Waals surface area contributed by atoms with E-state index >= 15 is 0 Å². The van der Waals surface area contributed by atoms with Gasteiger partial charge in [-0.15, -0.1) is 11.3 Å². The number of nitrogens with two attached hydrogens (primary N) is 1. The van der Waals surface area contributed by atoms with Crippen LogP contribution in [0.4, 0.5) is 0 Å². The third kappa shape index (κ3) is 4.78. The first-order chi connectivity index (χ1) is 10.6. The summed E-state index contributed by atoms with van der Waals surface area (Å²) in [5.41, 5.74) is 6.65. The van der Waals surface area contributed by atoms with Crippen LogP contribution in [-0.4, -0.2) is 16.9 Å². The molecule has 1 aliphatic rings. The van der Waals surface area contributed by atoms with Gasteiger partial charge in [0, 0.05) is 11.4 Å². The highest BCUT2D eigenvalue weighted by Crippen LogP contribution is 2.26. The van der Waals surface area contributed by atoms with Crippen molar-refractivity contribution in [3.8, 4) is 0 Å². The molecule has 0 spiro atoms. The van der Waals surface area contributed by atoms with Crippen molar-refractivity contribution in [1.82, 2.24) is 10.3 Å². The highest BCUT2D eigenvalue weighted by Gasteiger charge is 2.23. The smallest absolute Gasteiger partial charge is 0.270 e. The van der Waals surface area contributed by atoms with E-state index in [1.807, 2.05) is 5.38 Å². The molecule has 1 aromatic rings. The number of amides is 1. The first kappa shape index (κ1) is 17.4. The maximum Gasteiger partial charge on any atom is 0.270 e. The van der Waals surface area contributed by atoms with E-state index in [4.69, 9.17) is 5.73 Å². The zero-order chi connectivity index (χ0) is 15.9. The lowest BCUT2D eigenvalue weighted by atomic mass is 9.84. The van der Waals surface area contributed by atoms with Gasteiger partial charge in [-0.2, -0.15) is 0 Å². The molecular formula is C17H29N3OS. The fourth-order valence-electron chi connectivity index (χ4n) is 3.14. The van der Waals surface area contributed by atoms with Crippen LogP contribution >= 0.6 is 11.3 Å². The normalized spacial score (nSPS) is 18.9. The van der Waals surface area contributed by atoms with E-state index in [2.05, 4.69) is 24.1 Å². The molecule has 0 aromatic carbocycles. The summed E-state index contributed by atoms with van der Waals surface area (Å²) >= 11 is 1.50. The van der Waals surface area contributed by atoms with Gasteiger partial charge in [0.15, 0.2) is 0 Å². The van der Waals surface area contributed by atoms with Crippen LogP contribution < -0.4 is 11.1 Å². The van der Waals surface area contributed by atoms with Crippen molar-refractivity contribution in [3.63, 3.8) is 0 Å². The van der Waals surface area contributed by atoms with E-state index in [1.54, 1.807) is 0 Å². The molecular weight excluding hydrogens is 294 g/mol. The van der Waals surface area contributed by atoms with Crippen molar-refractivity contribution >= 4 is 17.2 Å². The van der Waals surface area contributed by atoms with Crippen LogP contribution in [0.15, 0.2) is 5.38 Å². The van der Waals surface area contributed by atoms with Gasteiger partial charge in [0.25, 0.3) is 5.91 Å². The van der Waals surface area contributed by atoms with E-state index in [9.17, 15) is 4.79 Å². The van der Waals surface area contributed by atoms with Gasteiger partial charge in [-0.05, 0) is 32.1 Å². The Bertz CT molecular complexity index is 468. The Morgan fingerprint density at radius 3 is 2.86 bits per heavy atom. The van der Waals surface area contributed by atoms with Gasteiger partial charge < -0.3 is 11.1 Å². The van der Waals surface area contributed by atoms with E-state index in [-0.39, 0.29) is 18.0 Å². The number of unbranched alkanes of at least 4 members (excludes halogenated alkanes) is 1. The number of aromatic nitrogens is 1. The van der Waals surface area contributed by atoms with Crippen LogP contribution in [0.5, 0.6) is 0 Å². The SMILES string of the molecule is CCCCC(N)c1nc(C(=O)NC(C)C2CCCCC2)cs1. The Labute approximate surface area is 137 Å². The van der Waals surface area contributed by atoms with Crippen LogP contribution in [0.3, 0.4) is 0 Å². The maximum atomic E-state index is 12.3. The third-order valence-electron chi connectivity index (χ3n) is 4.66. The number of hydrogen-bond acceptors (Lipinski definition) is 4. The summed E-state index contributed by atoms with van der Waals surface area (Å²) in [5, 5.41) is 5.84. The molecule has 22 heavy (non-hydrogen) atoms. The molecule has 0 aliphatic heterocycles. The average Bonchev–Trinajstić information content (AvgIpc) is 3.03. The second kappa shape index (κ2) is 8.63. The largest absolute Gasteiger partial charge is 0.348 e. The Kier molecular flexibility index (Phi) is 6.83. The van der Waals surface area contributed by atoms with Gasteiger partial charge >= 0.3 is 0 Å². The second-order valence-corrected chi connectivity index (χ2v) is 7.37. The van der Waals surface area contributed by atoms with Crippen molar-refractivity contribution in [2.45, 2.75) is 77.3 Å². The van der Waals surface area contributed by atoms with Crippen LogP contribution in [0.2, 0.25) is 0 Å². The highest BCUT2D eigenvalue weighted by atomic mass is 32.1. The molecule has 2 rings (SSSR count). The highest BCUT2D eigenvalue weighted by molar-refractivity contribution is 7.09. The Morgan fingerprint density at radius 2 is 2.18 bits per heavy atom. The summed E-state index contributed by atoms with van der Waals surface area (Å²) in [6.45, 7) is 4.27. The van der Waals surface area contributed by atoms with E-state index in [1.165, 1.54) is 43.4 Å². The van der Waals surface area contributed by atoms with Crippen molar-refractivity contribution in [3.05, 3.63) is 16.1 Å². The fourth-order valence-corrected chi connectivity index (χ4v) is 3.98. The summed E-state index contributed by atoms with van der Waals surface area (Å²) in [5.74, 6) is 0.561. The van der Waals surface area contributed by atoms with Gasteiger partial charge in [0.1, 0.15) is 10.7 Å². The number of hydrogen-bond donors (Lipinski definition) is 2. The molecule has 1 heterocycles. The van der Waals surface area contributed by atoms with Gasteiger partial charge in [-0.1, -0.05) is 39.0 Å². The molecule has 5 heteroatoms. The average molecular weight is 324 g/mol. The van der Waals surface area contributed by atoms with Crippen LogP contribution in [-0.2, 0) is 0 Å². The first-order valence-electron chi connectivity index (χ1n) is 8.63. The van der Waals surface area contributed by atoms with Crippen LogP contribution in [0.25, 0.3) is 0 Å². The van der Waals surface area contributed by atoms with Gasteiger partial charge in [0.2, 0.25) is 0 Å². The molecule has 1 aliphatic carbocycles. The van der Waals surface area contributed by atoms with E-state index in [0.29, 0.717) is 11.6 Å². The fraction of sp³-hybridized carbons (Fsp3) is 0.765. The van der Waals surface area contributed by atoms with Crippen molar-refractivity contribution < 1.29 is 4.79 Å². The zero-order valence-electron chi connectivity index (χ0n) is 13.8. The number of thiazole rings is 1. The van der Waals surface area contributed by atoms with Crippen molar-refractivity contribution in [1.29, 1.82) is 0 Å². The number of carbonyl (C=O) groups excluding carboxylic acids is 1. The molecule has 1 aromatic heterocycles. The minimum Gasteiger partial charge on any atom is -0.348 e. The lowest BCUT2D eigenvalue weighted by Crippen LogP contribution is -2.39. The maximum absolute atomic E-state index is 12.3. The predicted molar refractivity (Wildman–Crippen MR) is 92.1 cm³/mol. The van der Waals surface area contributed by atoms with Gasteiger partial charge in [-0.25, -0.2) is 4.98 Å². The summed E-state index contributed by atoms with van der Waals surface area (Å²) in [6, 6.07) is 0.189. The summed E-state index contributed by atoms with van der Waals surface area (Å²) in [7, 11) is 0. The molecule has 4 nitrogen and oxygen atoms in total.